The van der Waals surface area contributed by atoms with Gasteiger partial charge in [-0.05, 0) is 38.5 Å². The van der Waals surface area contributed by atoms with Crippen LogP contribution in [0.1, 0.15) is 32.8 Å². The second kappa shape index (κ2) is 6.91. The van der Waals surface area contributed by atoms with E-state index in [9.17, 15) is 4.79 Å². The summed E-state index contributed by atoms with van der Waals surface area (Å²) in [6, 6.07) is 9.37. The van der Waals surface area contributed by atoms with Crippen molar-refractivity contribution < 1.29 is 14.3 Å². The molecule has 0 unspecified atom stereocenters. The minimum atomic E-state index is -0.248. The smallest absolute Gasteiger partial charge is 0.172 e. The van der Waals surface area contributed by atoms with Crippen molar-refractivity contribution in [2.75, 3.05) is 6.61 Å². The van der Waals surface area contributed by atoms with Crippen molar-refractivity contribution in [2.24, 2.45) is 0 Å². The standard InChI is InChI=1S/C15H19NO3/c1-15(2,3)19-14-6-4-5-12(9-14)10-18-11-13(17)7-8-16/h4-6,9H,7,10-11H2,1-3H3. The van der Waals surface area contributed by atoms with Crippen molar-refractivity contribution in [1.82, 2.24) is 0 Å². The summed E-state index contributed by atoms with van der Waals surface area (Å²) >= 11 is 0. The highest BCUT2D eigenvalue weighted by atomic mass is 16.5. The molecule has 0 radical (unpaired) electrons. The Kier molecular flexibility index (Phi) is 5.53. The van der Waals surface area contributed by atoms with E-state index in [-0.39, 0.29) is 24.4 Å². The lowest BCUT2D eigenvalue weighted by Crippen LogP contribution is -2.22. The summed E-state index contributed by atoms with van der Waals surface area (Å²) < 4.78 is 11.0. The predicted molar refractivity (Wildman–Crippen MR) is 71.7 cm³/mol. The minimum absolute atomic E-state index is 0.0298. The predicted octanol–water partition coefficient (Wildman–Crippen LogP) is 2.86. The second-order valence-corrected chi connectivity index (χ2v) is 5.23. The molecular formula is C15H19NO3. The molecule has 19 heavy (non-hydrogen) atoms. The van der Waals surface area contributed by atoms with Crippen molar-refractivity contribution in [3.8, 4) is 11.8 Å². The van der Waals surface area contributed by atoms with Crippen molar-refractivity contribution in [1.29, 1.82) is 5.26 Å². The van der Waals surface area contributed by atoms with Gasteiger partial charge in [-0.2, -0.15) is 5.26 Å². The number of carbonyl (C=O) groups excluding carboxylic acids is 1. The lowest BCUT2D eigenvalue weighted by Gasteiger charge is -2.21. The molecule has 102 valence electrons. The van der Waals surface area contributed by atoms with Gasteiger partial charge in [-0.3, -0.25) is 4.79 Å². The van der Waals surface area contributed by atoms with Crippen LogP contribution in [0.2, 0.25) is 0 Å². The zero-order chi connectivity index (χ0) is 14.3. The molecule has 0 amide bonds. The summed E-state index contributed by atoms with van der Waals surface area (Å²) in [7, 11) is 0. The molecule has 0 saturated heterocycles. The lowest BCUT2D eigenvalue weighted by atomic mass is 10.1. The number of nitrogens with zero attached hydrogens (tertiary/aromatic N) is 1. The van der Waals surface area contributed by atoms with Gasteiger partial charge in [0.15, 0.2) is 5.78 Å². The van der Waals surface area contributed by atoms with Gasteiger partial charge in [-0.15, -0.1) is 0 Å². The number of ether oxygens (including phenoxy) is 2. The Morgan fingerprint density at radius 1 is 1.37 bits per heavy atom. The third-order valence-corrected chi connectivity index (χ3v) is 2.13. The van der Waals surface area contributed by atoms with E-state index in [4.69, 9.17) is 14.7 Å². The fourth-order valence-electron chi connectivity index (χ4n) is 1.47. The van der Waals surface area contributed by atoms with Gasteiger partial charge in [0.2, 0.25) is 0 Å². The number of hydrogen-bond donors (Lipinski definition) is 0. The molecule has 0 aromatic heterocycles. The first-order valence-corrected chi connectivity index (χ1v) is 6.15. The SMILES string of the molecule is CC(C)(C)Oc1cccc(COCC(=O)CC#N)c1. The first-order chi connectivity index (χ1) is 8.90. The molecule has 4 nitrogen and oxygen atoms in total. The molecular weight excluding hydrogens is 242 g/mol. The summed E-state index contributed by atoms with van der Waals surface area (Å²) in [5.41, 5.74) is 0.689. The number of benzene rings is 1. The first kappa shape index (κ1) is 15.2. The normalized spacial score (nSPS) is 10.8. The highest BCUT2D eigenvalue weighted by Crippen LogP contribution is 2.19. The Labute approximate surface area is 113 Å². The Morgan fingerprint density at radius 3 is 2.74 bits per heavy atom. The molecule has 0 atom stereocenters. The Bertz CT molecular complexity index is 469. The number of rotatable bonds is 6. The number of ketones is 1. The van der Waals surface area contributed by atoms with Gasteiger partial charge in [0.1, 0.15) is 18.0 Å². The van der Waals surface area contributed by atoms with Gasteiger partial charge < -0.3 is 9.47 Å². The van der Waals surface area contributed by atoms with Crippen molar-refractivity contribution in [3.63, 3.8) is 0 Å². The monoisotopic (exact) mass is 261 g/mol. The molecule has 0 aliphatic carbocycles. The van der Waals surface area contributed by atoms with Crippen LogP contribution in [0.25, 0.3) is 0 Å². The molecule has 0 heterocycles. The highest BCUT2D eigenvalue weighted by molar-refractivity contribution is 5.81. The van der Waals surface area contributed by atoms with Gasteiger partial charge in [0, 0.05) is 0 Å². The van der Waals surface area contributed by atoms with Crippen LogP contribution in [0.15, 0.2) is 24.3 Å². The minimum Gasteiger partial charge on any atom is -0.488 e. The quantitative estimate of drug-likeness (QED) is 0.790. The molecule has 1 aromatic rings. The van der Waals surface area contributed by atoms with E-state index in [0.29, 0.717) is 6.61 Å². The van der Waals surface area contributed by atoms with Crippen LogP contribution < -0.4 is 4.74 Å². The molecule has 4 heteroatoms. The Balaban J connectivity index is 2.49. The molecule has 0 N–H and O–H groups in total. The van der Waals surface area contributed by atoms with E-state index < -0.39 is 0 Å². The van der Waals surface area contributed by atoms with Crippen LogP contribution in [0.5, 0.6) is 5.75 Å². The third-order valence-electron chi connectivity index (χ3n) is 2.13. The topological polar surface area (TPSA) is 59.3 Å². The fourth-order valence-corrected chi connectivity index (χ4v) is 1.47. The molecule has 0 aliphatic rings. The average Bonchev–Trinajstić information content (AvgIpc) is 2.27. The third kappa shape index (κ3) is 6.58. The van der Waals surface area contributed by atoms with Crippen LogP contribution >= 0.6 is 0 Å². The number of hydrogen-bond acceptors (Lipinski definition) is 4. The molecule has 0 fully saturated rings. The van der Waals surface area contributed by atoms with E-state index in [1.54, 1.807) is 6.07 Å². The van der Waals surface area contributed by atoms with E-state index in [0.717, 1.165) is 11.3 Å². The summed E-state index contributed by atoms with van der Waals surface area (Å²) in [5.74, 6) is 0.571. The van der Waals surface area contributed by atoms with Gasteiger partial charge in [0.25, 0.3) is 0 Å². The molecule has 0 spiro atoms. The fraction of sp³-hybridized carbons (Fsp3) is 0.467. The van der Waals surface area contributed by atoms with Crippen LogP contribution in [-0.4, -0.2) is 18.0 Å². The molecule has 0 aliphatic heterocycles. The molecule has 1 rings (SSSR count). The number of carbonyl (C=O) groups is 1. The zero-order valence-corrected chi connectivity index (χ0v) is 11.6. The van der Waals surface area contributed by atoms with Crippen LogP contribution in [0, 0.1) is 11.3 Å². The van der Waals surface area contributed by atoms with Crippen LogP contribution in [-0.2, 0) is 16.1 Å². The molecule has 1 aromatic carbocycles. The van der Waals surface area contributed by atoms with Crippen LogP contribution in [0.3, 0.4) is 0 Å². The summed E-state index contributed by atoms with van der Waals surface area (Å²) in [5, 5.41) is 8.35. The number of Topliss-reactive ketones (excluding diaryl/α,β-unsaturated/α-hetero) is 1. The largest absolute Gasteiger partial charge is 0.488 e. The maximum absolute atomic E-state index is 11.1. The lowest BCUT2D eigenvalue weighted by molar-refractivity contribution is -0.123. The van der Waals surface area contributed by atoms with E-state index in [1.165, 1.54) is 0 Å². The zero-order valence-electron chi connectivity index (χ0n) is 11.6. The molecule has 0 bridgehead atoms. The first-order valence-electron chi connectivity index (χ1n) is 6.15. The van der Waals surface area contributed by atoms with E-state index >= 15 is 0 Å². The van der Waals surface area contributed by atoms with E-state index in [1.807, 2.05) is 45.0 Å². The van der Waals surface area contributed by atoms with Crippen molar-refractivity contribution in [3.05, 3.63) is 29.8 Å². The Hall–Kier alpha value is -1.86. The molecule has 0 saturated carbocycles. The average molecular weight is 261 g/mol. The van der Waals surface area contributed by atoms with Gasteiger partial charge in [0.05, 0.1) is 19.1 Å². The van der Waals surface area contributed by atoms with E-state index in [2.05, 4.69) is 0 Å². The second-order valence-electron chi connectivity index (χ2n) is 5.23. The van der Waals surface area contributed by atoms with Crippen molar-refractivity contribution >= 4 is 5.78 Å². The maximum atomic E-state index is 11.1. The summed E-state index contributed by atoms with van der Waals surface area (Å²) in [6.07, 6.45) is -0.104. The number of nitriles is 1. The maximum Gasteiger partial charge on any atom is 0.172 e. The van der Waals surface area contributed by atoms with Gasteiger partial charge in [-0.1, -0.05) is 12.1 Å². The van der Waals surface area contributed by atoms with Crippen molar-refractivity contribution in [2.45, 2.75) is 39.4 Å². The summed E-state index contributed by atoms with van der Waals surface area (Å²) in [6.45, 7) is 6.25. The van der Waals surface area contributed by atoms with Gasteiger partial charge in [-0.25, -0.2) is 0 Å². The van der Waals surface area contributed by atoms with Gasteiger partial charge >= 0.3 is 0 Å². The highest BCUT2D eigenvalue weighted by Gasteiger charge is 2.11. The summed E-state index contributed by atoms with van der Waals surface area (Å²) in [4.78, 5) is 11.1. The van der Waals surface area contributed by atoms with Crippen LogP contribution in [0.4, 0.5) is 0 Å². The Morgan fingerprint density at radius 2 is 2.11 bits per heavy atom.